The van der Waals surface area contributed by atoms with Crippen molar-refractivity contribution in [3.63, 3.8) is 0 Å². The summed E-state index contributed by atoms with van der Waals surface area (Å²) in [6.07, 6.45) is 1.56. The number of sulfone groups is 1. The van der Waals surface area contributed by atoms with Gasteiger partial charge < -0.3 is 9.88 Å². The Morgan fingerprint density at radius 3 is 2.29 bits per heavy atom. The molecule has 0 fully saturated rings. The van der Waals surface area contributed by atoms with Crippen molar-refractivity contribution >= 4 is 26.6 Å². The fourth-order valence-corrected chi connectivity index (χ4v) is 5.15. The second kappa shape index (κ2) is 8.40. The number of carbonyl (C=O) groups is 1. The number of amides is 1. The van der Waals surface area contributed by atoms with E-state index in [1.807, 2.05) is 56.3 Å². The molecule has 4 rings (SSSR count). The van der Waals surface area contributed by atoms with Gasteiger partial charge in [-0.1, -0.05) is 66.2 Å². The van der Waals surface area contributed by atoms with E-state index in [4.69, 9.17) is 0 Å². The highest BCUT2D eigenvalue weighted by atomic mass is 32.2. The van der Waals surface area contributed by atoms with Crippen molar-refractivity contribution in [1.29, 1.82) is 0 Å². The zero-order valence-electron chi connectivity index (χ0n) is 17.4. The van der Waals surface area contributed by atoms with Crippen LogP contribution in [0.1, 0.15) is 24.1 Å². The summed E-state index contributed by atoms with van der Waals surface area (Å²) < 4.78 is 28.3. The van der Waals surface area contributed by atoms with Crippen LogP contribution in [-0.4, -0.2) is 18.9 Å². The lowest BCUT2D eigenvalue weighted by molar-refractivity contribution is -0.122. The van der Waals surface area contributed by atoms with Crippen LogP contribution in [0.25, 0.3) is 10.9 Å². The maximum Gasteiger partial charge on any atom is 0.240 e. The van der Waals surface area contributed by atoms with Crippen molar-refractivity contribution in [3.05, 3.63) is 96.2 Å². The van der Waals surface area contributed by atoms with E-state index in [1.165, 1.54) is 0 Å². The van der Waals surface area contributed by atoms with Crippen LogP contribution in [0.5, 0.6) is 0 Å². The van der Waals surface area contributed by atoms with Gasteiger partial charge in [0, 0.05) is 17.1 Å². The van der Waals surface area contributed by atoms with Gasteiger partial charge in [0.2, 0.25) is 15.7 Å². The molecule has 1 heterocycles. The predicted octanol–water partition coefficient (Wildman–Crippen LogP) is 4.66. The summed E-state index contributed by atoms with van der Waals surface area (Å²) in [7, 11) is -3.72. The molecule has 0 saturated carbocycles. The van der Waals surface area contributed by atoms with Crippen LogP contribution >= 0.6 is 0 Å². The van der Waals surface area contributed by atoms with Crippen LogP contribution in [0, 0.1) is 6.92 Å². The largest absolute Gasteiger partial charge is 0.348 e. The van der Waals surface area contributed by atoms with E-state index in [1.54, 1.807) is 47.2 Å². The third kappa shape index (κ3) is 4.25. The molecule has 31 heavy (non-hydrogen) atoms. The first-order valence-electron chi connectivity index (χ1n) is 10.1. The Bertz CT molecular complexity index is 1320. The third-order valence-corrected chi connectivity index (χ3v) is 7.16. The maximum absolute atomic E-state index is 13.3. The second-order valence-electron chi connectivity index (χ2n) is 7.65. The Hall–Kier alpha value is -3.38. The Morgan fingerprint density at radius 2 is 1.58 bits per heavy atom. The van der Waals surface area contributed by atoms with E-state index in [9.17, 15) is 13.2 Å². The Balaban J connectivity index is 1.65. The van der Waals surface area contributed by atoms with Gasteiger partial charge in [-0.2, -0.15) is 0 Å². The minimum atomic E-state index is -3.72. The number of nitrogens with one attached hydrogen (secondary N) is 1. The molecule has 0 bridgehead atoms. The van der Waals surface area contributed by atoms with Crippen LogP contribution in [0.4, 0.5) is 0 Å². The Kier molecular flexibility index (Phi) is 5.65. The van der Waals surface area contributed by atoms with Gasteiger partial charge in [-0.05, 0) is 37.6 Å². The third-order valence-electron chi connectivity index (χ3n) is 5.36. The number of carbonyl (C=O) groups excluding carboxylic acids is 1. The summed E-state index contributed by atoms with van der Waals surface area (Å²) >= 11 is 0. The minimum Gasteiger partial charge on any atom is -0.348 e. The fourth-order valence-electron chi connectivity index (χ4n) is 3.67. The number of hydrogen-bond acceptors (Lipinski definition) is 3. The molecule has 1 atom stereocenters. The monoisotopic (exact) mass is 432 g/mol. The SMILES string of the molecule is Cc1ccc(S(=O)(=O)c2cn(CC(=O)NC(C)c3ccccc3)c3ccccc23)cc1. The molecule has 0 spiro atoms. The first-order chi connectivity index (χ1) is 14.9. The smallest absolute Gasteiger partial charge is 0.240 e. The van der Waals surface area contributed by atoms with Gasteiger partial charge in [0.05, 0.1) is 15.8 Å². The normalized spacial score (nSPS) is 12.6. The molecule has 0 aliphatic rings. The van der Waals surface area contributed by atoms with E-state index in [0.717, 1.165) is 11.1 Å². The molecule has 4 aromatic rings. The lowest BCUT2D eigenvalue weighted by Crippen LogP contribution is -2.29. The Morgan fingerprint density at radius 1 is 0.935 bits per heavy atom. The number of benzene rings is 3. The Labute approximate surface area is 182 Å². The zero-order chi connectivity index (χ0) is 22.0. The number of hydrogen-bond donors (Lipinski definition) is 1. The van der Waals surface area contributed by atoms with E-state index in [-0.39, 0.29) is 28.3 Å². The highest BCUT2D eigenvalue weighted by molar-refractivity contribution is 7.91. The number of fused-ring (bicyclic) bond motifs is 1. The molecule has 0 saturated heterocycles. The average molecular weight is 433 g/mol. The highest BCUT2D eigenvalue weighted by Crippen LogP contribution is 2.30. The molecule has 5 nitrogen and oxygen atoms in total. The molecular formula is C25H24N2O3S. The first kappa shape index (κ1) is 20.9. The quantitative estimate of drug-likeness (QED) is 0.482. The van der Waals surface area contributed by atoms with Crippen LogP contribution in [0.3, 0.4) is 0 Å². The molecule has 1 N–H and O–H groups in total. The lowest BCUT2D eigenvalue weighted by atomic mass is 10.1. The summed E-state index contributed by atoms with van der Waals surface area (Å²) in [5, 5.41) is 3.59. The summed E-state index contributed by atoms with van der Waals surface area (Å²) in [6.45, 7) is 3.87. The zero-order valence-corrected chi connectivity index (χ0v) is 18.3. The predicted molar refractivity (Wildman–Crippen MR) is 122 cm³/mol. The number of para-hydroxylation sites is 1. The van der Waals surface area contributed by atoms with Gasteiger partial charge in [0.25, 0.3) is 0 Å². The molecule has 0 aliphatic carbocycles. The molecule has 3 aromatic carbocycles. The van der Waals surface area contributed by atoms with Crippen molar-refractivity contribution in [2.75, 3.05) is 0 Å². The summed E-state index contributed by atoms with van der Waals surface area (Å²) in [5.41, 5.74) is 2.71. The van der Waals surface area contributed by atoms with Crippen molar-refractivity contribution in [1.82, 2.24) is 9.88 Å². The fraction of sp³-hybridized carbons (Fsp3) is 0.160. The van der Waals surface area contributed by atoms with Crippen LogP contribution in [0.15, 0.2) is 94.9 Å². The summed E-state index contributed by atoms with van der Waals surface area (Å²) in [6, 6.07) is 23.6. The highest BCUT2D eigenvalue weighted by Gasteiger charge is 2.24. The number of aromatic nitrogens is 1. The summed E-state index contributed by atoms with van der Waals surface area (Å²) in [4.78, 5) is 13.2. The van der Waals surface area contributed by atoms with Crippen molar-refractivity contribution < 1.29 is 13.2 Å². The second-order valence-corrected chi connectivity index (χ2v) is 9.57. The van der Waals surface area contributed by atoms with E-state index < -0.39 is 9.84 Å². The van der Waals surface area contributed by atoms with Gasteiger partial charge in [0.15, 0.2) is 0 Å². The molecule has 0 radical (unpaired) electrons. The standard InChI is InChI=1S/C25H24N2O3S/c1-18-12-14-21(15-13-18)31(29,30)24-16-27(23-11-7-6-10-22(23)24)17-25(28)26-19(2)20-8-4-3-5-9-20/h3-16,19H,17H2,1-2H3,(H,26,28). The van der Waals surface area contributed by atoms with Crippen molar-refractivity contribution in [3.8, 4) is 0 Å². The van der Waals surface area contributed by atoms with Gasteiger partial charge in [-0.3, -0.25) is 4.79 Å². The molecule has 0 aliphatic heterocycles. The minimum absolute atomic E-state index is 0.0289. The van der Waals surface area contributed by atoms with Crippen molar-refractivity contribution in [2.24, 2.45) is 0 Å². The number of aryl methyl sites for hydroxylation is 1. The van der Waals surface area contributed by atoms with Gasteiger partial charge in [-0.25, -0.2) is 8.42 Å². The summed E-state index contributed by atoms with van der Waals surface area (Å²) in [5.74, 6) is -0.184. The van der Waals surface area contributed by atoms with Crippen LogP contribution in [0.2, 0.25) is 0 Å². The molecular weight excluding hydrogens is 408 g/mol. The van der Waals surface area contributed by atoms with Gasteiger partial charge in [0.1, 0.15) is 6.54 Å². The first-order valence-corrected chi connectivity index (χ1v) is 11.6. The molecule has 158 valence electrons. The van der Waals surface area contributed by atoms with E-state index in [0.29, 0.717) is 10.9 Å². The van der Waals surface area contributed by atoms with Gasteiger partial charge >= 0.3 is 0 Å². The van der Waals surface area contributed by atoms with Crippen LogP contribution in [-0.2, 0) is 21.2 Å². The topological polar surface area (TPSA) is 68.2 Å². The molecule has 1 aromatic heterocycles. The lowest BCUT2D eigenvalue weighted by Gasteiger charge is -2.15. The number of nitrogens with zero attached hydrogens (tertiary/aromatic N) is 1. The van der Waals surface area contributed by atoms with Crippen molar-refractivity contribution in [2.45, 2.75) is 36.2 Å². The molecule has 6 heteroatoms. The maximum atomic E-state index is 13.3. The average Bonchev–Trinajstić information content (AvgIpc) is 3.14. The van der Waals surface area contributed by atoms with Crippen LogP contribution < -0.4 is 5.32 Å². The molecule has 1 unspecified atom stereocenters. The number of rotatable bonds is 6. The van der Waals surface area contributed by atoms with E-state index >= 15 is 0 Å². The molecule has 1 amide bonds. The van der Waals surface area contributed by atoms with Gasteiger partial charge in [-0.15, -0.1) is 0 Å². The van der Waals surface area contributed by atoms with E-state index in [2.05, 4.69) is 5.32 Å².